The van der Waals surface area contributed by atoms with E-state index in [-0.39, 0.29) is 0 Å². The summed E-state index contributed by atoms with van der Waals surface area (Å²) in [7, 11) is 0. The number of allylic oxidation sites excluding steroid dienone is 4. The highest BCUT2D eigenvalue weighted by atomic mass is 14.7. The van der Waals surface area contributed by atoms with Crippen molar-refractivity contribution in [2.75, 3.05) is 0 Å². The highest BCUT2D eigenvalue weighted by Crippen LogP contribution is 2.43. The molecule has 0 aliphatic heterocycles. The van der Waals surface area contributed by atoms with E-state index in [1.54, 1.807) is 0 Å². The quantitative estimate of drug-likeness (QED) is 0.680. The summed E-state index contributed by atoms with van der Waals surface area (Å²) in [6.07, 6.45) is 0. The number of hydrogen-bond donors (Lipinski definition) is 0. The van der Waals surface area contributed by atoms with Crippen molar-refractivity contribution < 1.29 is 0 Å². The monoisotopic (exact) mass is 263 g/mol. The molecule has 3 rings (SSSR count). The first-order chi connectivity index (χ1) is 9.50. The van der Waals surface area contributed by atoms with E-state index in [9.17, 15) is 0 Å². The number of para-hydroxylation sites is 1. The molecule has 0 saturated heterocycles. The fourth-order valence-corrected chi connectivity index (χ4v) is 3.26. The lowest BCUT2D eigenvalue weighted by Crippen LogP contribution is -1.99. The van der Waals surface area contributed by atoms with Crippen LogP contribution in [0.3, 0.4) is 0 Å². The van der Waals surface area contributed by atoms with Crippen molar-refractivity contribution in [2.45, 2.75) is 34.6 Å². The van der Waals surface area contributed by atoms with Gasteiger partial charge in [-0.25, -0.2) is 0 Å². The maximum atomic E-state index is 4.79. The average Bonchev–Trinajstić information content (AvgIpc) is 2.63. The zero-order valence-electron chi connectivity index (χ0n) is 12.9. The second kappa shape index (κ2) is 4.59. The van der Waals surface area contributed by atoms with Crippen molar-refractivity contribution in [3.8, 4) is 0 Å². The lowest BCUT2D eigenvalue weighted by molar-refractivity contribution is 0.895. The molecule has 20 heavy (non-hydrogen) atoms. The molecule has 1 nitrogen and oxygen atoms in total. The first-order valence-corrected chi connectivity index (χ1v) is 7.26. The van der Waals surface area contributed by atoms with Gasteiger partial charge in [0.25, 0.3) is 0 Å². The fraction of sp³-hybridized carbons (Fsp3) is 0.316. The summed E-state index contributed by atoms with van der Waals surface area (Å²) in [6.45, 7) is 11.1. The molecule has 1 aliphatic rings. The summed E-state index contributed by atoms with van der Waals surface area (Å²) in [5, 5.41) is 1.22. The summed E-state index contributed by atoms with van der Waals surface area (Å²) in [4.78, 5) is 4.79. The number of nitrogens with zero attached hydrogens (tertiary/aromatic N) is 1. The number of benzene rings is 1. The Morgan fingerprint density at radius 2 is 1.65 bits per heavy atom. The van der Waals surface area contributed by atoms with Crippen molar-refractivity contribution >= 4 is 16.5 Å². The van der Waals surface area contributed by atoms with Gasteiger partial charge in [-0.15, -0.1) is 0 Å². The van der Waals surface area contributed by atoms with Crippen LogP contribution in [-0.4, -0.2) is 4.98 Å². The van der Waals surface area contributed by atoms with Crippen LogP contribution in [0.4, 0.5) is 0 Å². The zero-order chi connectivity index (χ0) is 14.4. The Hall–Kier alpha value is -1.89. The Labute approximate surface area is 121 Å². The van der Waals surface area contributed by atoms with Gasteiger partial charge in [-0.1, -0.05) is 36.8 Å². The van der Waals surface area contributed by atoms with E-state index in [1.165, 1.54) is 33.2 Å². The number of rotatable bonds is 1. The maximum absolute atomic E-state index is 4.79. The standard InChI is InChI=1S/C19H21N/c1-11-9-10-16-7-6-8-17(19(16)20-11)18-14(4)12(2)13(3)15(18)5/h6-10,14H,1-5H3. The summed E-state index contributed by atoms with van der Waals surface area (Å²) in [5.74, 6) is 0.489. The summed E-state index contributed by atoms with van der Waals surface area (Å²) in [5.41, 5.74) is 9.31. The van der Waals surface area contributed by atoms with Crippen LogP contribution in [0.5, 0.6) is 0 Å². The first-order valence-electron chi connectivity index (χ1n) is 7.26. The predicted molar refractivity (Wildman–Crippen MR) is 86.6 cm³/mol. The van der Waals surface area contributed by atoms with Crippen LogP contribution in [0, 0.1) is 12.8 Å². The van der Waals surface area contributed by atoms with Crippen molar-refractivity contribution in [1.82, 2.24) is 4.98 Å². The molecule has 1 aliphatic carbocycles. The molecular weight excluding hydrogens is 242 g/mol. The second-order valence-electron chi connectivity index (χ2n) is 5.90. The molecule has 2 aromatic rings. The number of fused-ring (bicyclic) bond motifs is 1. The molecule has 0 bridgehead atoms. The topological polar surface area (TPSA) is 12.9 Å². The van der Waals surface area contributed by atoms with Gasteiger partial charge in [-0.2, -0.15) is 0 Å². The molecule has 102 valence electrons. The third-order valence-corrected chi connectivity index (χ3v) is 4.79. The van der Waals surface area contributed by atoms with Crippen molar-refractivity contribution in [1.29, 1.82) is 0 Å². The van der Waals surface area contributed by atoms with Gasteiger partial charge in [-0.05, 0) is 50.5 Å². The minimum atomic E-state index is 0.489. The minimum Gasteiger partial charge on any atom is -0.252 e. The largest absolute Gasteiger partial charge is 0.252 e. The van der Waals surface area contributed by atoms with Crippen molar-refractivity contribution in [3.05, 3.63) is 58.3 Å². The molecule has 1 atom stereocenters. The Morgan fingerprint density at radius 1 is 0.900 bits per heavy atom. The molecule has 1 aromatic carbocycles. The number of aromatic nitrogens is 1. The van der Waals surface area contributed by atoms with Crippen molar-refractivity contribution in [3.63, 3.8) is 0 Å². The van der Waals surface area contributed by atoms with Gasteiger partial charge in [0.1, 0.15) is 0 Å². The normalized spacial score (nSPS) is 19.4. The van der Waals surface area contributed by atoms with Crippen LogP contribution >= 0.6 is 0 Å². The SMILES string of the molecule is CC1=C(C)C(C)C(c2cccc3ccc(C)nc23)=C1C. The Kier molecular flexibility index (Phi) is 3.01. The molecule has 0 amide bonds. The van der Waals surface area contributed by atoms with E-state index in [0.717, 1.165) is 11.2 Å². The molecule has 1 heterocycles. The van der Waals surface area contributed by atoms with Crippen LogP contribution in [-0.2, 0) is 0 Å². The summed E-state index contributed by atoms with van der Waals surface area (Å²) >= 11 is 0. The van der Waals surface area contributed by atoms with Gasteiger partial charge in [0, 0.05) is 22.6 Å². The van der Waals surface area contributed by atoms with Gasteiger partial charge in [0.2, 0.25) is 0 Å². The number of aryl methyl sites for hydroxylation is 1. The van der Waals surface area contributed by atoms with Crippen LogP contribution in [0.25, 0.3) is 16.5 Å². The van der Waals surface area contributed by atoms with Crippen LogP contribution in [0.2, 0.25) is 0 Å². The molecule has 1 aromatic heterocycles. The Balaban J connectivity index is 2.29. The van der Waals surface area contributed by atoms with E-state index in [2.05, 4.69) is 65.0 Å². The van der Waals surface area contributed by atoms with Gasteiger partial charge < -0.3 is 0 Å². The Morgan fingerprint density at radius 3 is 2.30 bits per heavy atom. The number of pyridine rings is 1. The zero-order valence-corrected chi connectivity index (χ0v) is 12.9. The fourth-order valence-electron chi connectivity index (χ4n) is 3.26. The van der Waals surface area contributed by atoms with Crippen LogP contribution in [0.15, 0.2) is 47.1 Å². The first kappa shape index (κ1) is 13.1. The molecule has 0 N–H and O–H groups in total. The summed E-state index contributed by atoms with van der Waals surface area (Å²) < 4.78 is 0. The smallest absolute Gasteiger partial charge is 0.0780 e. The molecule has 0 saturated carbocycles. The van der Waals surface area contributed by atoms with Crippen LogP contribution in [0.1, 0.15) is 39.0 Å². The molecule has 0 radical (unpaired) electrons. The Bertz CT molecular complexity index is 762. The third-order valence-electron chi connectivity index (χ3n) is 4.79. The highest BCUT2D eigenvalue weighted by molar-refractivity contribution is 5.94. The van der Waals surface area contributed by atoms with E-state index in [0.29, 0.717) is 5.92 Å². The van der Waals surface area contributed by atoms with E-state index in [4.69, 9.17) is 4.98 Å². The van der Waals surface area contributed by atoms with E-state index in [1.807, 2.05) is 0 Å². The highest BCUT2D eigenvalue weighted by Gasteiger charge is 2.25. The van der Waals surface area contributed by atoms with E-state index >= 15 is 0 Å². The number of hydrogen-bond acceptors (Lipinski definition) is 1. The lowest BCUT2D eigenvalue weighted by atomic mass is 9.90. The molecule has 0 fully saturated rings. The molecule has 1 heteroatoms. The lowest BCUT2D eigenvalue weighted by Gasteiger charge is -2.15. The minimum absolute atomic E-state index is 0.489. The maximum Gasteiger partial charge on any atom is 0.0780 e. The molecule has 1 unspecified atom stereocenters. The summed E-state index contributed by atoms with van der Waals surface area (Å²) in [6, 6.07) is 10.8. The molecular formula is C19H21N. The van der Waals surface area contributed by atoms with E-state index < -0.39 is 0 Å². The third kappa shape index (κ3) is 1.81. The predicted octanol–water partition coefficient (Wildman–Crippen LogP) is 5.30. The van der Waals surface area contributed by atoms with Gasteiger partial charge in [-0.3, -0.25) is 4.98 Å². The second-order valence-corrected chi connectivity index (χ2v) is 5.90. The van der Waals surface area contributed by atoms with Gasteiger partial charge in [0.05, 0.1) is 5.52 Å². The van der Waals surface area contributed by atoms with Gasteiger partial charge >= 0.3 is 0 Å². The average molecular weight is 263 g/mol. The van der Waals surface area contributed by atoms with Crippen molar-refractivity contribution in [2.24, 2.45) is 5.92 Å². The van der Waals surface area contributed by atoms with Gasteiger partial charge in [0.15, 0.2) is 0 Å². The molecule has 0 spiro atoms. The van der Waals surface area contributed by atoms with Crippen LogP contribution < -0.4 is 0 Å².